The largest absolute Gasteiger partial charge is 0.494 e. The Hall–Kier alpha value is -4.14. The molecule has 4 amide bonds. The summed E-state index contributed by atoms with van der Waals surface area (Å²) in [4.78, 5) is 49.3. The molecule has 1 fully saturated rings. The Morgan fingerprint density at radius 2 is 1.84 bits per heavy atom. The quantitative estimate of drug-likeness (QED) is 0.517. The zero-order valence-corrected chi connectivity index (χ0v) is 16.8. The fourth-order valence-electron chi connectivity index (χ4n) is 2.83. The number of nitrogens with one attached hydrogen (secondary N) is 1. The normalized spacial score (nSPS) is 16.1. The molecule has 0 spiro atoms. The second-order valence-electron chi connectivity index (χ2n) is 6.56. The molecule has 0 aliphatic carbocycles. The second-order valence-corrected chi connectivity index (χ2v) is 6.56. The van der Waals surface area contributed by atoms with Gasteiger partial charge in [0.05, 0.1) is 12.3 Å². The summed E-state index contributed by atoms with van der Waals surface area (Å²) in [5.74, 6) is -1.89. The van der Waals surface area contributed by atoms with E-state index in [2.05, 4.69) is 5.32 Å². The lowest BCUT2D eigenvalue weighted by Gasteiger charge is -2.26. The lowest BCUT2D eigenvalue weighted by molar-refractivity contribution is -0.144. The molecule has 1 heterocycles. The van der Waals surface area contributed by atoms with Gasteiger partial charge < -0.3 is 14.6 Å². The van der Waals surface area contributed by atoms with Crippen LogP contribution in [0.15, 0.2) is 54.1 Å². The fourth-order valence-corrected chi connectivity index (χ4v) is 2.83. The third-order valence-corrected chi connectivity index (χ3v) is 4.34. The minimum Gasteiger partial charge on any atom is -0.494 e. The lowest BCUT2D eigenvalue weighted by Crippen LogP contribution is -2.54. The molecule has 0 aromatic heterocycles. The molecule has 0 saturated carbocycles. The summed E-state index contributed by atoms with van der Waals surface area (Å²) < 4.78 is 10.7. The van der Waals surface area contributed by atoms with Crippen molar-refractivity contribution in [2.24, 2.45) is 0 Å². The maximum Gasteiger partial charge on any atom is 0.344 e. The number of rotatable bonds is 7. The van der Waals surface area contributed by atoms with Crippen molar-refractivity contribution in [3.05, 3.63) is 59.7 Å². The smallest absolute Gasteiger partial charge is 0.344 e. The Morgan fingerprint density at radius 1 is 1.13 bits per heavy atom. The number of carbonyl (C=O) groups is 4. The maximum atomic E-state index is 13.0. The van der Waals surface area contributed by atoms with Gasteiger partial charge in [0, 0.05) is 6.07 Å². The molecule has 1 saturated heterocycles. The summed E-state index contributed by atoms with van der Waals surface area (Å²) >= 11 is 0. The predicted octanol–water partition coefficient (Wildman–Crippen LogP) is 2.60. The minimum atomic E-state index is -1.10. The highest BCUT2D eigenvalue weighted by atomic mass is 16.5. The Kier molecular flexibility index (Phi) is 6.35. The van der Waals surface area contributed by atoms with E-state index in [4.69, 9.17) is 14.6 Å². The number of barbiturate groups is 1. The van der Waals surface area contributed by atoms with Crippen molar-refractivity contribution in [2.75, 3.05) is 11.5 Å². The number of benzene rings is 2. The molecule has 9 heteroatoms. The molecule has 0 radical (unpaired) electrons. The van der Waals surface area contributed by atoms with E-state index in [1.165, 1.54) is 31.2 Å². The monoisotopic (exact) mass is 424 g/mol. The second kappa shape index (κ2) is 9.12. The number of amides is 4. The number of carboxylic acids is 1. The Balaban J connectivity index is 1.87. The van der Waals surface area contributed by atoms with Gasteiger partial charge in [-0.05, 0) is 49.8 Å². The van der Waals surface area contributed by atoms with Crippen molar-refractivity contribution in [1.29, 1.82) is 0 Å². The molecule has 0 bridgehead atoms. The summed E-state index contributed by atoms with van der Waals surface area (Å²) in [5, 5.41) is 11.1. The van der Waals surface area contributed by atoms with Crippen LogP contribution in [0.3, 0.4) is 0 Å². The van der Waals surface area contributed by atoms with E-state index in [0.717, 1.165) is 4.90 Å². The summed E-state index contributed by atoms with van der Waals surface area (Å²) in [7, 11) is 0. The van der Waals surface area contributed by atoms with Crippen molar-refractivity contribution in [3.63, 3.8) is 0 Å². The first-order chi connectivity index (χ1) is 14.8. The number of hydrogen-bond donors (Lipinski definition) is 2. The third kappa shape index (κ3) is 4.89. The summed E-state index contributed by atoms with van der Waals surface area (Å²) in [5.41, 5.74) is 0.526. The number of carbonyl (C=O) groups excluding carboxylic acids is 3. The van der Waals surface area contributed by atoms with Crippen molar-refractivity contribution in [1.82, 2.24) is 5.32 Å². The molecule has 9 nitrogen and oxygen atoms in total. The molecule has 1 aliphatic heterocycles. The van der Waals surface area contributed by atoms with Gasteiger partial charge in [0.25, 0.3) is 11.8 Å². The molecule has 2 aromatic carbocycles. The number of nitrogens with zero attached hydrogens (tertiary/aromatic N) is 1. The first-order valence-corrected chi connectivity index (χ1v) is 9.44. The van der Waals surface area contributed by atoms with Crippen LogP contribution in [-0.4, -0.2) is 41.6 Å². The Bertz CT molecular complexity index is 1060. The van der Waals surface area contributed by atoms with Gasteiger partial charge in [0.1, 0.15) is 17.1 Å². The highest BCUT2D eigenvalue weighted by Crippen LogP contribution is 2.26. The van der Waals surface area contributed by atoms with Crippen molar-refractivity contribution in [2.45, 2.75) is 20.0 Å². The van der Waals surface area contributed by atoms with E-state index in [1.807, 2.05) is 6.92 Å². The Labute approximate surface area is 177 Å². The number of ether oxygens (including phenoxy) is 2. The maximum absolute atomic E-state index is 13.0. The highest BCUT2D eigenvalue weighted by molar-refractivity contribution is 6.39. The third-order valence-electron chi connectivity index (χ3n) is 4.34. The zero-order valence-electron chi connectivity index (χ0n) is 16.8. The van der Waals surface area contributed by atoms with E-state index in [1.54, 1.807) is 30.3 Å². The zero-order chi connectivity index (χ0) is 22.5. The van der Waals surface area contributed by atoms with Gasteiger partial charge in [0.2, 0.25) is 0 Å². The summed E-state index contributed by atoms with van der Waals surface area (Å²) in [6.45, 7) is 3.62. The summed E-state index contributed by atoms with van der Waals surface area (Å²) in [6, 6.07) is 11.7. The number of hydrogen-bond acceptors (Lipinski definition) is 6. The van der Waals surface area contributed by atoms with Crippen molar-refractivity contribution >= 4 is 35.6 Å². The molecule has 1 atom stereocenters. The fraction of sp³-hybridized carbons (Fsp3) is 0.182. The molecule has 31 heavy (non-hydrogen) atoms. The molecule has 1 aliphatic rings. The van der Waals surface area contributed by atoms with E-state index in [9.17, 15) is 19.2 Å². The summed E-state index contributed by atoms with van der Waals surface area (Å²) in [6.07, 6.45) is 0.315. The topological polar surface area (TPSA) is 122 Å². The Morgan fingerprint density at radius 3 is 2.48 bits per heavy atom. The van der Waals surface area contributed by atoms with Crippen LogP contribution in [0.2, 0.25) is 0 Å². The van der Waals surface area contributed by atoms with E-state index >= 15 is 0 Å². The van der Waals surface area contributed by atoms with Crippen LogP contribution in [0.5, 0.6) is 11.5 Å². The SMILES string of the molecule is CCOc1cccc(N2C(=O)NC(=O)/C(=C/c3ccc(O[C@@H](C)C(=O)O)cc3)C2=O)c1. The van der Waals surface area contributed by atoms with Crippen molar-refractivity contribution in [3.8, 4) is 11.5 Å². The number of aliphatic carboxylic acids is 1. The number of anilines is 1. The van der Waals surface area contributed by atoms with Crippen LogP contribution >= 0.6 is 0 Å². The molecule has 2 N–H and O–H groups in total. The average molecular weight is 424 g/mol. The average Bonchev–Trinajstić information content (AvgIpc) is 2.72. The molecular weight excluding hydrogens is 404 g/mol. The van der Waals surface area contributed by atoms with Gasteiger partial charge in [0.15, 0.2) is 6.10 Å². The van der Waals surface area contributed by atoms with Crippen LogP contribution in [0.25, 0.3) is 6.08 Å². The van der Waals surface area contributed by atoms with Gasteiger partial charge in [-0.3, -0.25) is 14.9 Å². The number of urea groups is 1. The van der Waals surface area contributed by atoms with Crippen LogP contribution in [0.1, 0.15) is 19.4 Å². The van der Waals surface area contributed by atoms with Gasteiger partial charge in [-0.2, -0.15) is 0 Å². The molecule has 2 aromatic rings. The lowest BCUT2D eigenvalue weighted by atomic mass is 10.1. The van der Waals surface area contributed by atoms with Crippen LogP contribution in [0.4, 0.5) is 10.5 Å². The van der Waals surface area contributed by atoms with Gasteiger partial charge >= 0.3 is 12.0 Å². The number of imide groups is 2. The first-order valence-electron chi connectivity index (χ1n) is 9.44. The minimum absolute atomic E-state index is 0.228. The van der Waals surface area contributed by atoms with Crippen molar-refractivity contribution < 1.29 is 33.8 Å². The molecular formula is C22H20N2O7. The van der Waals surface area contributed by atoms with E-state index in [-0.39, 0.29) is 11.3 Å². The van der Waals surface area contributed by atoms with Crippen LogP contribution < -0.4 is 19.7 Å². The predicted molar refractivity (Wildman–Crippen MR) is 111 cm³/mol. The van der Waals surface area contributed by atoms with Gasteiger partial charge in [-0.1, -0.05) is 18.2 Å². The van der Waals surface area contributed by atoms with Gasteiger partial charge in [-0.15, -0.1) is 0 Å². The molecule has 160 valence electrons. The van der Waals surface area contributed by atoms with Crippen LogP contribution in [-0.2, 0) is 14.4 Å². The standard InChI is InChI=1S/C22H20N2O7/c1-3-30-17-6-4-5-15(12-17)24-20(26)18(19(25)23-22(24)29)11-14-7-9-16(10-8-14)31-13(2)21(27)28/h4-13H,3H2,1-2H3,(H,27,28)(H,23,25,29)/b18-11-/t13-/m0/s1. The van der Waals surface area contributed by atoms with E-state index in [0.29, 0.717) is 23.7 Å². The van der Waals surface area contributed by atoms with Crippen LogP contribution in [0, 0.1) is 0 Å². The first kappa shape index (κ1) is 21.6. The molecule has 0 unspecified atom stereocenters. The number of carboxylic acid groups (broad SMARTS) is 1. The highest BCUT2D eigenvalue weighted by Gasteiger charge is 2.36. The molecule has 3 rings (SSSR count). The van der Waals surface area contributed by atoms with Gasteiger partial charge in [-0.25, -0.2) is 14.5 Å². The van der Waals surface area contributed by atoms with E-state index < -0.39 is 29.9 Å².